The summed E-state index contributed by atoms with van der Waals surface area (Å²) in [5, 5.41) is 0. The maximum Gasteiger partial charge on any atom is 0.472 e. The molecule has 0 aliphatic rings. The van der Waals surface area contributed by atoms with Gasteiger partial charge in [0.05, 0.1) is 34.4 Å². The number of quaternary nitrogens is 1. The van der Waals surface area contributed by atoms with Crippen LogP contribution in [0.15, 0.2) is 0 Å². The monoisotopic (exact) mass is 594 g/mol. The van der Waals surface area contributed by atoms with Gasteiger partial charge in [-0.15, -0.1) is 0 Å². The van der Waals surface area contributed by atoms with E-state index in [-0.39, 0.29) is 19.3 Å². The first-order valence-electron chi connectivity index (χ1n) is 16.8. The van der Waals surface area contributed by atoms with Crippen LogP contribution in [0.25, 0.3) is 0 Å². The molecule has 0 aromatic heterocycles. The largest absolute Gasteiger partial charge is 0.472 e. The van der Waals surface area contributed by atoms with Crippen LogP contribution in [0.4, 0.5) is 0 Å². The normalized spacial score (nSPS) is 14.4. The van der Waals surface area contributed by atoms with Crippen LogP contribution in [0.5, 0.6) is 0 Å². The van der Waals surface area contributed by atoms with Gasteiger partial charge in [-0.05, 0) is 12.8 Å². The molecule has 242 valence electrons. The molecule has 7 nitrogen and oxygen atoms in total. The number of likely N-dealkylation sites (N-methyl/N-ethyl adjacent to an activating group) is 1. The molecule has 2 unspecified atom stereocenters. The predicted octanol–water partition coefficient (Wildman–Crippen LogP) is 9.07. The number of nitrogens with zero attached hydrogens (tertiary/aromatic N) is 1. The Morgan fingerprint density at radius 2 is 1.00 bits per heavy atom. The third kappa shape index (κ3) is 30.9. The fraction of sp³-hybridized carbons (Fsp3) is 1.00. The molecular weight excluding hydrogens is 525 g/mol. The molecule has 0 fully saturated rings. The minimum atomic E-state index is -4.11. The molecule has 0 heterocycles. The summed E-state index contributed by atoms with van der Waals surface area (Å²) >= 11 is 0. The first kappa shape index (κ1) is 40.0. The van der Waals surface area contributed by atoms with Crippen molar-refractivity contribution < 1.29 is 32.5 Å². The minimum Gasteiger partial charge on any atom is -0.379 e. The first-order valence-corrected chi connectivity index (χ1v) is 18.3. The zero-order valence-corrected chi connectivity index (χ0v) is 28.2. The lowest BCUT2D eigenvalue weighted by Crippen LogP contribution is -2.37. The summed E-state index contributed by atoms with van der Waals surface area (Å²) in [5.41, 5.74) is 0. The van der Waals surface area contributed by atoms with Crippen LogP contribution in [0.2, 0.25) is 0 Å². The van der Waals surface area contributed by atoms with Crippen LogP contribution in [-0.2, 0) is 23.1 Å². The zero-order chi connectivity index (χ0) is 29.8. The van der Waals surface area contributed by atoms with Crippen molar-refractivity contribution in [2.24, 2.45) is 0 Å². The lowest BCUT2D eigenvalue weighted by Gasteiger charge is -2.24. The van der Waals surface area contributed by atoms with E-state index in [9.17, 15) is 9.46 Å². The van der Waals surface area contributed by atoms with E-state index in [0.717, 1.165) is 25.7 Å². The van der Waals surface area contributed by atoms with E-state index < -0.39 is 7.82 Å². The fourth-order valence-electron chi connectivity index (χ4n) is 4.53. The highest BCUT2D eigenvalue weighted by Crippen LogP contribution is 2.43. The predicted molar refractivity (Wildman–Crippen MR) is 169 cm³/mol. The average molecular weight is 595 g/mol. The van der Waals surface area contributed by atoms with Gasteiger partial charge in [0.1, 0.15) is 19.3 Å². The number of hydrogen-bond acceptors (Lipinski definition) is 5. The van der Waals surface area contributed by atoms with Crippen molar-refractivity contribution in [2.75, 3.05) is 60.7 Å². The number of ether oxygens (including phenoxy) is 2. The summed E-state index contributed by atoms with van der Waals surface area (Å²) in [4.78, 5) is 10.1. The molecule has 0 spiro atoms. The molecule has 2 atom stereocenters. The van der Waals surface area contributed by atoms with E-state index >= 15 is 0 Å². The molecule has 0 aliphatic carbocycles. The van der Waals surface area contributed by atoms with Gasteiger partial charge in [-0.3, -0.25) is 9.05 Å². The van der Waals surface area contributed by atoms with Gasteiger partial charge in [0, 0.05) is 13.2 Å². The number of phosphoric ester groups is 1. The summed E-state index contributed by atoms with van der Waals surface area (Å²) in [6.45, 7) is 6.90. The van der Waals surface area contributed by atoms with Crippen LogP contribution in [0.3, 0.4) is 0 Å². The second-order valence-corrected chi connectivity index (χ2v) is 14.0. The topological polar surface area (TPSA) is 74.2 Å². The standard InChI is InChI=1S/C32H68NO6P/c1-6-8-10-12-13-14-15-16-17-18-19-20-21-22-23-25-28-37-32(30-36-27-24-11-9-7-2)31-39-40(34,35)38-29-26-33(3,4)5/h32H,6-31H2,1-5H3/p+1. The molecule has 1 N–H and O–H groups in total. The SMILES string of the molecule is CCCCCCCCCCCCCCCCCCOC(COCCCCCC)COP(=O)(O)OCC[N+](C)(C)C. The lowest BCUT2D eigenvalue weighted by molar-refractivity contribution is -0.870. The average Bonchev–Trinajstić information content (AvgIpc) is 2.89. The van der Waals surface area contributed by atoms with Crippen molar-refractivity contribution in [3.8, 4) is 0 Å². The van der Waals surface area contributed by atoms with Gasteiger partial charge in [0.15, 0.2) is 0 Å². The Kier molecular flexibility index (Phi) is 27.8. The van der Waals surface area contributed by atoms with Crippen LogP contribution in [0.1, 0.15) is 142 Å². The van der Waals surface area contributed by atoms with E-state index in [1.807, 2.05) is 21.1 Å². The Hall–Kier alpha value is -0.0100. The van der Waals surface area contributed by atoms with E-state index in [1.165, 1.54) is 103 Å². The molecule has 0 rings (SSSR count). The zero-order valence-electron chi connectivity index (χ0n) is 27.3. The number of hydrogen-bond donors (Lipinski definition) is 1. The Morgan fingerprint density at radius 1 is 0.575 bits per heavy atom. The summed E-state index contributed by atoms with van der Waals surface area (Å²) in [7, 11) is 1.91. The quantitative estimate of drug-likeness (QED) is 0.0476. The minimum absolute atomic E-state index is 0.00797. The smallest absolute Gasteiger partial charge is 0.379 e. The van der Waals surface area contributed by atoms with Crippen LogP contribution in [-0.4, -0.2) is 76.2 Å². The molecule has 0 bridgehead atoms. The molecule has 0 saturated carbocycles. The van der Waals surface area contributed by atoms with Crippen molar-refractivity contribution in [1.29, 1.82) is 0 Å². The molecule has 0 aromatic rings. The van der Waals surface area contributed by atoms with Gasteiger partial charge in [0.2, 0.25) is 0 Å². The second-order valence-electron chi connectivity index (χ2n) is 12.5. The Labute approximate surface area is 249 Å². The summed E-state index contributed by atoms with van der Waals surface area (Å²) in [6.07, 6.45) is 25.6. The highest BCUT2D eigenvalue weighted by atomic mass is 31.2. The van der Waals surface area contributed by atoms with Gasteiger partial charge >= 0.3 is 7.82 Å². The van der Waals surface area contributed by atoms with E-state index in [0.29, 0.717) is 30.8 Å². The maximum atomic E-state index is 12.3. The van der Waals surface area contributed by atoms with Crippen molar-refractivity contribution in [3.05, 3.63) is 0 Å². The Balaban J connectivity index is 3.96. The van der Waals surface area contributed by atoms with Gasteiger partial charge in [0.25, 0.3) is 0 Å². The van der Waals surface area contributed by atoms with Gasteiger partial charge in [-0.2, -0.15) is 0 Å². The van der Waals surface area contributed by atoms with Crippen molar-refractivity contribution in [3.63, 3.8) is 0 Å². The highest BCUT2D eigenvalue weighted by Gasteiger charge is 2.25. The summed E-state index contributed by atoms with van der Waals surface area (Å²) < 4.78 is 35.1. The molecule has 0 aliphatic heterocycles. The molecular formula is C32H69NO6P+. The van der Waals surface area contributed by atoms with E-state index in [4.69, 9.17) is 18.5 Å². The molecule has 0 radical (unpaired) electrons. The first-order chi connectivity index (χ1) is 19.2. The van der Waals surface area contributed by atoms with E-state index in [2.05, 4.69) is 13.8 Å². The van der Waals surface area contributed by atoms with Crippen LogP contribution < -0.4 is 0 Å². The molecule has 0 aromatic carbocycles. The van der Waals surface area contributed by atoms with E-state index in [1.54, 1.807) is 0 Å². The highest BCUT2D eigenvalue weighted by molar-refractivity contribution is 7.47. The van der Waals surface area contributed by atoms with Crippen molar-refractivity contribution in [1.82, 2.24) is 0 Å². The number of unbranched alkanes of at least 4 members (excludes halogenated alkanes) is 18. The van der Waals surface area contributed by atoms with Gasteiger partial charge in [-0.25, -0.2) is 4.57 Å². The third-order valence-corrected chi connectivity index (χ3v) is 8.22. The third-order valence-electron chi connectivity index (χ3n) is 7.24. The van der Waals surface area contributed by atoms with Crippen LogP contribution >= 0.6 is 7.82 Å². The number of rotatable bonds is 32. The lowest BCUT2D eigenvalue weighted by atomic mass is 10.0. The fourth-order valence-corrected chi connectivity index (χ4v) is 5.28. The number of phosphoric acid groups is 1. The van der Waals surface area contributed by atoms with Crippen LogP contribution in [0, 0.1) is 0 Å². The van der Waals surface area contributed by atoms with Gasteiger partial charge in [-0.1, -0.05) is 129 Å². The Bertz CT molecular complexity index is 572. The van der Waals surface area contributed by atoms with Gasteiger partial charge < -0.3 is 18.9 Å². The molecule has 0 amide bonds. The van der Waals surface area contributed by atoms with Crippen molar-refractivity contribution >= 4 is 7.82 Å². The Morgan fingerprint density at radius 3 is 1.48 bits per heavy atom. The molecule has 0 saturated heterocycles. The molecule has 40 heavy (non-hydrogen) atoms. The second kappa shape index (κ2) is 27.8. The maximum absolute atomic E-state index is 12.3. The summed E-state index contributed by atoms with van der Waals surface area (Å²) in [5.74, 6) is 0. The van der Waals surface area contributed by atoms with Crippen molar-refractivity contribution in [2.45, 2.75) is 148 Å². The molecule has 8 heteroatoms. The summed E-state index contributed by atoms with van der Waals surface area (Å²) in [6, 6.07) is 0.